The van der Waals surface area contributed by atoms with Gasteiger partial charge in [-0.05, 0) is 55.4 Å². The Morgan fingerprint density at radius 2 is 2.20 bits per heavy atom. The molecule has 3 rings (SSSR count). The third-order valence-corrected chi connectivity index (χ3v) is 4.37. The van der Waals surface area contributed by atoms with Gasteiger partial charge in [0.1, 0.15) is 5.75 Å². The van der Waals surface area contributed by atoms with Crippen LogP contribution in [0.15, 0.2) is 12.1 Å². The summed E-state index contributed by atoms with van der Waals surface area (Å²) >= 11 is 6.18. The van der Waals surface area contributed by atoms with Crippen molar-refractivity contribution in [2.75, 3.05) is 13.2 Å². The Bertz CT molecular complexity index is 472. The highest BCUT2D eigenvalue weighted by Crippen LogP contribution is 2.33. The van der Waals surface area contributed by atoms with Crippen LogP contribution in [-0.4, -0.2) is 25.4 Å². The van der Waals surface area contributed by atoms with E-state index in [-0.39, 0.29) is 6.04 Å². The van der Waals surface area contributed by atoms with Crippen LogP contribution in [0.25, 0.3) is 0 Å². The molecule has 1 fully saturated rings. The molecule has 0 aromatic heterocycles. The van der Waals surface area contributed by atoms with E-state index in [4.69, 9.17) is 26.8 Å². The molecule has 1 aromatic carbocycles. The monoisotopic (exact) mass is 295 g/mol. The molecule has 3 nitrogen and oxygen atoms in total. The van der Waals surface area contributed by atoms with Gasteiger partial charge in [0.25, 0.3) is 0 Å². The van der Waals surface area contributed by atoms with Crippen molar-refractivity contribution in [2.45, 2.75) is 50.7 Å². The Morgan fingerprint density at radius 3 is 3.00 bits per heavy atom. The minimum Gasteiger partial charge on any atom is -0.493 e. The minimum absolute atomic E-state index is 0.102. The fraction of sp³-hybridized carbons (Fsp3) is 0.625. The highest BCUT2D eigenvalue weighted by atomic mass is 35.5. The molecular formula is C16H22ClNO2. The van der Waals surface area contributed by atoms with Gasteiger partial charge in [0.05, 0.1) is 12.7 Å². The normalized spacial score (nSPS) is 23.2. The van der Waals surface area contributed by atoms with Crippen LogP contribution in [0.1, 0.15) is 36.8 Å². The first-order valence-corrected chi connectivity index (χ1v) is 7.91. The average molecular weight is 296 g/mol. The molecule has 2 aliphatic heterocycles. The molecule has 2 aliphatic rings. The Labute approximate surface area is 125 Å². The van der Waals surface area contributed by atoms with Gasteiger partial charge in [0.2, 0.25) is 0 Å². The van der Waals surface area contributed by atoms with Gasteiger partial charge in [-0.25, -0.2) is 0 Å². The number of halogens is 1. The summed E-state index contributed by atoms with van der Waals surface area (Å²) in [6.07, 6.45) is 6.58. The summed E-state index contributed by atoms with van der Waals surface area (Å²) in [6, 6.07) is 4.10. The quantitative estimate of drug-likeness (QED) is 0.928. The van der Waals surface area contributed by atoms with Crippen LogP contribution in [0, 0.1) is 0 Å². The molecule has 2 N–H and O–H groups in total. The lowest BCUT2D eigenvalue weighted by molar-refractivity contribution is 0.00744. The van der Waals surface area contributed by atoms with Gasteiger partial charge in [-0.3, -0.25) is 0 Å². The van der Waals surface area contributed by atoms with Crippen LogP contribution in [-0.2, 0) is 17.6 Å². The first kappa shape index (κ1) is 14.2. The summed E-state index contributed by atoms with van der Waals surface area (Å²) < 4.78 is 11.5. The van der Waals surface area contributed by atoms with E-state index in [1.165, 1.54) is 18.4 Å². The van der Waals surface area contributed by atoms with Crippen molar-refractivity contribution in [3.63, 3.8) is 0 Å². The predicted octanol–water partition coefficient (Wildman–Crippen LogP) is 3.10. The second-order valence-corrected chi connectivity index (χ2v) is 6.28. The van der Waals surface area contributed by atoms with E-state index in [1.54, 1.807) is 0 Å². The van der Waals surface area contributed by atoms with Crippen molar-refractivity contribution in [1.82, 2.24) is 0 Å². The molecule has 0 radical (unpaired) electrons. The summed E-state index contributed by atoms with van der Waals surface area (Å²) in [6.45, 7) is 1.64. The molecule has 2 heterocycles. The molecule has 20 heavy (non-hydrogen) atoms. The summed E-state index contributed by atoms with van der Waals surface area (Å²) in [5.41, 5.74) is 8.66. The van der Waals surface area contributed by atoms with Crippen LogP contribution >= 0.6 is 11.6 Å². The van der Waals surface area contributed by atoms with Gasteiger partial charge >= 0.3 is 0 Å². The molecule has 2 unspecified atom stereocenters. The van der Waals surface area contributed by atoms with E-state index in [0.29, 0.717) is 6.10 Å². The number of benzene rings is 1. The van der Waals surface area contributed by atoms with Gasteiger partial charge in [-0.2, -0.15) is 0 Å². The van der Waals surface area contributed by atoms with Crippen molar-refractivity contribution in [1.29, 1.82) is 0 Å². The van der Waals surface area contributed by atoms with Crippen molar-refractivity contribution in [3.8, 4) is 5.75 Å². The lowest BCUT2D eigenvalue weighted by Crippen LogP contribution is -2.31. The third-order valence-electron chi connectivity index (χ3n) is 4.15. The van der Waals surface area contributed by atoms with E-state index in [2.05, 4.69) is 0 Å². The molecule has 0 spiro atoms. The predicted molar refractivity (Wildman–Crippen MR) is 80.5 cm³/mol. The first-order valence-electron chi connectivity index (χ1n) is 7.53. The maximum Gasteiger partial charge on any atom is 0.125 e. The van der Waals surface area contributed by atoms with Gasteiger partial charge in [0.15, 0.2) is 0 Å². The Balaban J connectivity index is 1.65. The van der Waals surface area contributed by atoms with Crippen molar-refractivity contribution in [3.05, 3.63) is 28.3 Å². The van der Waals surface area contributed by atoms with Crippen molar-refractivity contribution < 1.29 is 9.47 Å². The second-order valence-electron chi connectivity index (χ2n) is 5.84. The van der Waals surface area contributed by atoms with Crippen LogP contribution in [0.2, 0.25) is 5.02 Å². The van der Waals surface area contributed by atoms with Gasteiger partial charge in [0, 0.05) is 24.1 Å². The zero-order chi connectivity index (χ0) is 13.9. The molecule has 110 valence electrons. The number of hydrogen-bond acceptors (Lipinski definition) is 3. The molecule has 0 saturated carbocycles. The molecule has 0 bridgehead atoms. The lowest BCUT2D eigenvalue weighted by Gasteiger charge is -2.25. The highest BCUT2D eigenvalue weighted by molar-refractivity contribution is 6.30. The molecule has 0 amide bonds. The molecule has 0 aliphatic carbocycles. The number of ether oxygens (including phenoxy) is 2. The molecule has 4 heteroatoms. The summed E-state index contributed by atoms with van der Waals surface area (Å²) in [4.78, 5) is 0. The van der Waals surface area contributed by atoms with Gasteiger partial charge < -0.3 is 15.2 Å². The maximum atomic E-state index is 6.30. The van der Waals surface area contributed by atoms with Crippen LogP contribution in [0.5, 0.6) is 5.75 Å². The van der Waals surface area contributed by atoms with E-state index in [1.807, 2.05) is 12.1 Å². The van der Waals surface area contributed by atoms with Gasteiger partial charge in [-0.1, -0.05) is 11.6 Å². The maximum absolute atomic E-state index is 6.30. The minimum atomic E-state index is 0.102. The van der Waals surface area contributed by atoms with Crippen molar-refractivity contribution >= 4 is 11.6 Å². The van der Waals surface area contributed by atoms with Crippen LogP contribution in [0.3, 0.4) is 0 Å². The SMILES string of the molecule is NC(Cc1cc(Cl)cc2c1OCC2)CC1CCCCO1. The molecule has 2 atom stereocenters. The smallest absolute Gasteiger partial charge is 0.125 e. The van der Waals surface area contributed by atoms with E-state index in [9.17, 15) is 0 Å². The van der Waals surface area contributed by atoms with Crippen molar-refractivity contribution in [2.24, 2.45) is 5.73 Å². The summed E-state index contributed by atoms with van der Waals surface area (Å²) in [5.74, 6) is 1.01. The van der Waals surface area contributed by atoms with E-state index in [0.717, 1.165) is 55.2 Å². The van der Waals surface area contributed by atoms with Crippen LogP contribution < -0.4 is 10.5 Å². The summed E-state index contributed by atoms with van der Waals surface area (Å²) in [5, 5.41) is 0.783. The van der Waals surface area contributed by atoms with E-state index >= 15 is 0 Å². The topological polar surface area (TPSA) is 44.5 Å². The first-order chi connectivity index (χ1) is 9.72. The lowest BCUT2D eigenvalue weighted by atomic mass is 9.96. The largest absolute Gasteiger partial charge is 0.493 e. The third kappa shape index (κ3) is 3.27. The number of fused-ring (bicyclic) bond motifs is 1. The Kier molecular flexibility index (Phi) is 4.49. The highest BCUT2D eigenvalue weighted by Gasteiger charge is 2.22. The second kappa shape index (κ2) is 6.33. The Hall–Kier alpha value is -0.770. The zero-order valence-electron chi connectivity index (χ0n) is 11.7. The fourth-order valence-corrected chi connectivity index (χ4v) is 3.46. The molecule has 1 saturated heterocycles. The zero-order valence-corrected chi connectivity index (χ0v) is 12.5. The number of hydrogen-bond donors (Lipinski definition) is 1. The molecule has 1 aromatic rings. The van der Waals surface area contributed by atoms with Crippen LogP contribution in [0.4, 0.5) is 0 Å². The number of nitrogens with two attached hydrogens (primary N) is 1. The summed E-state index contributed by atoms with van der Waals surface area (Å²) in [7, 11) is 0. The molecular weight excluding hydrogens is 274 g/mol. The average Bonchev–Trinajstić information content (AvgIpc) is 2.88. The number of rotatable bonds is 4. The van der Waals surface area contributed by atoms with E-state index < -0.39 is 0 Å². The fourth-order valence-electron chi connectivity index (χ4n) is 3.19. The Morgan fingerprint density at radius 1 is 1.30 bits per heavy atom. The standard InChI is InChI=1S/C16H22ClNO2/c17-13-7-11-4-6-20-16(11)12(8-13)9-14(18)10-15-3-1-2-5-19-15/h7-8,14-15H,1-6,9-10,18H2. The van der Waals surface area contributed by atoms with Gasteiger partial charge in [-0.15, -0.1) is 0 Å².